The van der Waals surface area contributed by atoms with E-state index in [0.717, 1.165) is 12.1 Å². The van der Waals surface area contributed by atoms with Crippen LogP contribution in [0.4, 0.5) is 8.78 Å². The van der Waals surface area contributed by atoms with Gasteiger partial charge in [-0.2, -0.15) is 0 Å². The monoisotopic (exact) mass is 365 g/mol. The van der Waals surface area contributed by atoms with E-state index < -0.39 is 35.5 Å². The number of rotatable bonds is 5. The fourth-order valence-corrected chi connectivity index (χ4v) is 2.54. The first kappa shape index (κ1) is 19.3. The van der Waals surface area contributed by atoms with Gasteiger partial charge in [0.05, 0.1) is 18.2 Å². The first-order valence-electron chi connectivity index (χ1n) is 7.65. The maximum atomic E-state index is 13.7. The van der Waals surface area contributed by atoms with Crippen molar-refractivity contribution in [2.45, 2.75) is 26.9 Å². The van der Waals surface area contributed by atoms with Gasteiger partial charge in [0.1, 0.15) is 17.3 Å². The van der Waals surface area contributed by atoms with Crippen molar-refractivity contribution in [2.75, 3.05) is 7.11 Å². The Morgan fingerprint density at radius 2 is 1.77 bits per heavy atom. The van der Waals surface area contributed by atoms with Crippen molar-refractivity contribution >= 4 is 17.7 Å². The van der Waals surface area contributed by atoms with Gasteiger partial charge in [0.2, 0.25) is 5.78 Å². The molecule has 1 atom stereocenters. The summed E-state index contributed by atoms with van der Waals surface area (Å²) in [5.74, 6) is -4.18. The fourth-order valence-electron chi connectivity index (χ4n) is 2.54. The van der Waals surface area contributed by atoms with Crippen LogP contribution in [0.3, 0.4) is 0 Å². The fraction of sp³-hybridized carbons (Fsp3) is 0.278. The predicted octanol–water partition coefficient (Wildman–Crippen LogP) is 3.12. The lowest BCUT2D eigenvalue weighted by atomic mass is 10.1. The molecule has 1 N–H and O–H groups in total. The van der Waals surface area contributed by atoms with Gasteiger partial charge in [0.15, 0.2) is 6.10 Å². The molecule has 0 fully saturated rings. The third-order valence-corrected chi connectivity index (χ3v) is 3.88. The zero-order valence-electron chi connectivity index (χ0n) is 14.6. The first-order valence-corrected chi connectivity index (χ1v) is 7.65. The van der Waals surface area contributed by atoms with Crippen LogP contribution in [-0.4, -0.2) is 35.9 Å². The SMILES string of the molecule is COC(=O)c1c(C)[nH]c(C(=O)OC(C)C(=O)c2ccc(F)cc2F)c1C. The van der Waals surface area contributed by atoms with E-state index >= 15 is 0 Å². The zero-order valence-corrected chi connectivity index (χ0v) is 14.6. The molecule has 1 aromatic heterocycles. The predicted molar refractivity (Wildman–Crippen MR) is 87.2 cm³/mol. The number of methoxy groups -OCH3 is 1. The van der Waals surface area contributed by atoms with Crippen LogP contribution in [0.1, 0.15) is 49.4 Å². The molecule has 1 heterocycles. The van der Waals surface area contributed by atoms with Gasteiger partial charge in [0.25, 0.3) is 0 Å². The van der Waals surface area contributed by atoms with Crippen molar-refractivity contribution in [1.29, 1.82) is 0 Å². The Bertz CT molecular complexity index is 888. The minimum atomic E-state index is -1.31. The summed E-state index contributed by atoms with van der Waals surface area (Å²) in [7, 11) is 1.21. The number of halogens is 2. The normalized spacial score (nSPS) is 11.8. The molecule has 8 heteroatoms. The standard InChI is InChI=1S/C18H17F2NO5/c1-8-14(17(23)25-4)9(2)21-15(8)18(24)26-10(3)16(22)12-6-5-11(19)7-13(12)20/h5-7,10,21H,1-4H3. The van der Waals surface area contributed by atoms with E-state index in [9.17, 15) is 23.2 Å². The summed E-state index contributed by atoms with van der Waals surface area (Å²) in [6, 6.07) is 2.49. The van der Waals surface area contributed by atoms with Crippen molar-refractivity contribution < 1.29 is 32.6 Å². The van der Waals surface area contributed by atoms with Crippen LogP contribution < -0.4 is 0 Å². The molecular formula is C18H17F2NO5. The molecule has 0 saturated carbocycles. The number of aromatic amines is 1. The van der Waals surface area contributed by atoms with Crippen molar-refractivity contribution in [1.82, 2.24) is 4.98 Å². The van der Waals surface area contributed by atoms with Crippen LogP contribution in [-0.2, 0) is 9.47 Å². The van der Waals surface area contributed by atoms with E-state index in [-0.39, 0.29) is 16.8 Å². The van der Waals surface area contributed by atoms with Crippen LogP contribution >= 0.6 is 0 Å². The molecule has 0 aliphatic heterocycles. The summed E-state index contributed by atoms with van der Waals surface area (Å²) in [4.78, 5) is 39.0. The summed E-state index contributed by atoms with van der Waals surface area (Å²) < 4.78 is 36.4. The van der Waals surface area contributed by atoms with Gasteiger partial charge in [-0.05, 0) is 38.5 Å². The lowest BCUT2D eigenvalue weighted by Gasteiger charge is -2.12. The van der Waals surface area contributed by atoms with Crippen LogP contribution in [0.25, 0.3) is 0 Å². The van der Waals surface area contributed by atoms with E-state index in [0.29, 0.717) is 17.3 Å². The third kappa shape index (κ3) is 3.63. The van der Waals surface area contributed by atoms with Gasteiger partial charge in [-0.15, -0.1) is 0 Å². The Labute approximate surface area is 148 Å². The quantitative estimate of drug-likeness (QED) is 0.650. The van der Waals surface area contributed by atoms with Crippen LogP contribution in [0.5, 0.6) is 0 Å². The van der Waals surface area contributed by atoms with Gasteiger partial charge in [-0.3, -0.25) is 4.79 Å². The molecule has 2 aromatic rings. The molecule has 0 aliphatic rings. The number of hydrogen-bond acceptors (Lipinski definition) is 5. The van der Waals surface area contributed by atoms with Crippen molar-refractivity contribution in [3.63, 3.8) is 0 Å². The number of nitrogens with one attached hydrogen (secondary N) is 1. The zero-order chi connectivity index (χ0) is 19.6. The average molecular weight is 365 g/mol. The van der Waals surface area contributed by atoms with Gasteiger partial charge < -0.3 is 14.5 Å². The molecule has 0 amide bonds. The smallest absolute Gasteiger partial charge is 0.355 e. The number of aromatic nitrogens is 1. The Hall–Kier alpha value is -3.03. The summed E-state index contributed by atoms with van der Waals surface area (Å²) in [5, 5.41) is 0. The van der Waals surface area contributed by atoms with E-state index in [4.69, 9.17) is 4.74 Å². The highest BCUT2D eigenvalue weighted by Crippen LogP contribution is 2.21. The number of carbonyl (C=O) groups is 3. The maximum Gasteiger partial charge on any atom is 0.355 e. The summed E-state index contributed by atoms with van der Waals surface area (Å²) in [6.45, 7) is 4.38. The Morgan fingerprint density at radius 1 is 1.12 bits per heavy atom. The number of carbonyl (C=O) groups excluding carboxylic acids is 3. The lowest BCUT2D eigenvalue weighted by molar-refractivity contribution is 0.0311. The second kappa shape index (κ2) is 7.47. The van der Waals surface area contributed by atoms with E-state index in [1.165, 1.54) is 21.0 Å². The second-order valence-corrected chi connectivity index (χ2v) is 5.65. The summed E-state index contributed by atoms with van der Waals surface area (Å²) in [6.07, 6.45) is -1.31. The molecule has 0 spiro atoms. The molecule has 1 unspecified atom stereocenters. The van der Waals surface area contributed by atoms with Gasteiger partial charge in [0, 0.05) is 11.8 Å². The van der Waals surface area contributed by atoms with Crippen LogP contribution in [0.15, 0.2) is 18.2 Å². The third-order valence-electron chi connectivity index (χ3n) is 3.88. The number of esters is 2. The van der Waals surface area contributed by atoms with Gasteiger partial charge in [-0.25, -0.2) is 18.4 Å². The van der Waals surface area contributed by atoms with Crippen molar-refractivity contribution in [3.8, 4) is 0 Å². The highest BCUT2D eigenvalue weighted by atomic mass is 19.1. The second-order valence-electron chi connectivity index (χ2n) is 5.65. The van der Waals surface area contributed by atoms with Gasteiger partial charge >= 0.3 is 11.9 Å². The van der Waals surface area contributed by atoms with Gasteiger partial charge in [-0.1, -0.05) is 0 Å². The molecule has 0 saturated heterocycles. The van der Waals surface area contributed by atoms with Crippen molar-refractivity contribution in [2.24, 2.45) is 0 Å². The molecule has 0 radical (unpaired) electrons. The van der Waals surface area contributed by atoms with E-state index in [1.54, 1.807) is 6.92 Å². The molecule has 0 bridgehead atoms. The number of H-pyrrole nitrogens is 1. The summed E-state index contributed by atoms with van der Waals surface area (Å²) >= 11 is 0. The highest BCUT2D eigenvalue weighted by molar-refractivity contribution is 6.02. The van der Waals surface area contributed by atoms with Crippen LogP contribution in [0.2, 0.25) is 0 Å². The average Bonchev–Trinajstić information content (AvgIpc) is 2.88. The largest absolute Gasteiger partial charge is 0.465 e. The molecule has 6 nitrogen and oxygen atoms in total. The first-order chi connectivity index (χ1) is 12.2. The number of ketones is 1. The number of aryl methyl sites for hydroxylation is 1. The molecule has 1 aromatic carbocycles. The lowest BCUT2D eigenvalue weighted by Crippen LogP contribution is -2.25. The minimum Gasteiger partial charge on any atom is -0.465 e. The molecule has 138 valence electrons. The topological polar surface area (TPSA) is 85.5 Å². The molecule has 0 aliphatic carbocycles. The van der Waals surface area contributed by atoms with E-state index in [1.807, 2.05) is 0 Å². The van der Waals surface area contributed by atoms with Crippen molar-refractivity contribution in [3.05, 3.63) is 57.9 Å². The molecule has 26 heavy (non-hydrogen) atoms. The molecular weight excluding hydrogens is 348 g/mol. The number of benzene rings is 1. The van der Waals surface area contributed by atoms with E-state index in [2.05, 4.69) is 9.72 Å². The number of hydrogen-bond donors (Lipinski definition) is 1. The Morgan fingerprint density at radius 3 is 2.35 bits per heavy atom. The Kier molecular flexibility index (Phi) is 5.54. The molecule has 2 rings (SSSR count). The number of ether oxygens (including phenoxy) is 2. The summed E-state index contributed by atoms with van der Waals surface area (Å²) in [5.41, 5.74) is 0.517. The number of Topliss-reactive ketones (excluding diaryl/α,β-unsaturated/α-hetero) is 1. The highest BCUT2D eigenvalue weighted by Gasteiger charge is 2.27. The van der Waals surface area contributed by atoms with Crippen LogP contribution in [0, 0.1) is 25.5 Å². The minimum absolute atomic E-state index is 0.0119. The Balaban J connectivity index is 2.22. The maximum absolute atomic E-state index is 13.7.